The molecule has 1 aliphatic rings. The molecule has 7 nitrogen and oxygen atoms in total. The number of carbonyl (C=O) groups excluding carboxylic acids is 4. The first-order valence-corrected chi connectivity index (χ1v) is 13.9. The van der Waals surface area contributed by atoms with Gasteiger partial charge in [-0.05, 0) is 42.3 Å². The topological polar surface area (TPSA) is 92.8 Å². The van der Waals surface area contributed by atoms with Gasteiger partial charge in [-0.15, -0.1) is 11.3 Å². The lowest BCUT2D eigenvalue weighted by atomic mass is 10.0. The molecular weight excluding hydrogens is 580 g/mol. The number of carbonyl (C=O) groups is 4. The third-order valence-corrected chi connectivity index (χ3v) is 7.80. The van der Waals surface area contributed by atoms with Crippen molar-refractivity contribution in [3.63, 3.8) is 0 Å². The second kappa shape index (κ2) is 11.3. The Bertz CT molecular complexity index is 1530. The maximum atomic E-state index is 13.9. The number of nitrogens with zero attached hydrogens (tertiary/aromatic N) is 1. The van der Waals surface area contributed by atoms with Gasteiger partial charge < -0.3 is 10.1 Å². The summed E-state index contributed by atoms with van der Waals surface area (Å²) in [5, 5.41) is 4.90. The van der Waals surface area contributed by atoms with Crippen molar-refractivity contribution in [1.29, 1.82) is 0 Å². The van der Waals surface area contributed by atoms with Crippen LogP contribution in [0.1, 0.15) is 43.6 Å². The molecule has 1 aromatic heterocycles. The van der Waals surface area contributed by atoms with Gasteiger partial charge in [0.2, 0.25) is 5.91 Å². The summed E-state index contributed by atoms with van der Waals surface area (Å²) in [6.45, 7) is 1.87. The van der Waals surface area contributed by atoms with Crippen LogP contribution in [0.2, 0.25) is 0 Å². The first-order chi connectivity index (χ1) is 18.9. The molecule has 2 heterocycles. The van der Waals surface area contributed by atoms with Crippen molar-refractivity contribution < 1.29 is 23.9 Å². The van der Waals surface area contributed by atoms with Gasteiger partial charge in [-0.2, -0.15) is 0 Å². The highest BCUT2D eigenvalue weighted by Gasteiger charge is 2.43. The van der Waals surface area contributed by atoms with E-state index in [4.69, 9.17) is 4.74 Å². The van der Waals surface area contributed by atoms with Gasteiger partial charge in [-0.25, -0.2) is 4.79 Å². The zero-order valence-corrected chi connectivity index (χ0v) is 23.3. The minimum absolute atomic E-state index is 0.109. The normalized spacial score (nSPS) is 13.2. The first-order valence-electron chi connectivity index (χ1n) is 12.2. The van der Waals surface area contributed by atoms with E-state index in [0.29, 0.717) is 5.56 Å². The quantitative estimate of drug-likeness (QED) is 0.191. The molecule has 5 rings (SSSR count). The number of anilines is 1. The Morgan fingerprint density at radius 2 is 1.51 bits per heavy atom. The van der Waals surface area contributed by atoms with E-state index >= 15 is 0 Å². The summed E-state index contributed by atoms with van der Waals surface area (Å²) >= 11 is 4.60. The number of benzene rings is 3. The second-order valence-electron chi connectivity index (χ2n) is 8.80. The lowest BCUT2D eigenvalue weighted by Crippen LogP contribution is -2.48. The van der Waals surface area contributed by atoms with Crippen molar-refractivity contribution in [3.8, 4) is 11.1 Å². The number of fused-ring (bicyclic) bond motifs is 1. The molecule has 39 heavy (non-hydrogen) atoms. The van der Waals surface area contributed by atoms with Crippen LogP contribution in [0.25, 0.3) is 11.1 Å². The highest BCUT2D eigenvalue weighted by molar-refractivity contribution is 9.10. The van der Waals surface area contributed by atoms with Gasteiger partial charge in [0, 0.05) is 21.8 Å². The van der Waals surface area contributed by atoms with Gasteiger partial charge in [0.1, 0.15) is 16.6 Å². The molecule has 0 saturated heterocycles. The fourth-order valence-electron chi connectivity index (χ4n) is 4.52. The molecule has 0 bridgehead atoms. The molecule has 9 heteroatoms. The van der Waals surface area contributed by atoms with Crippen molar-refractivity contribution in [2.45, 2.75) is 19.4 Å². The lowest BCUT2D eigenvalue weighted by molar-refractivity contribution is -0.119. The Morgan fingerprint density at radius 1 is 0.897 bits per heavy atom. The smallest absolute Gasteiger partial charge is 0.341 e. The zero-order valence-electron chi connectivity index (χ0n) is 20.8. The maximum Gasteiger partial charge on any atom is 0.341 e. The van der Waals surface area contributed by atoms with Gasteiger partial charge in [-0.3, -0.25) is 19.3 Å². The monoisotopic (exact) mass is 602 g/mol. The molecule has 0 fully saturated rings. The number of amides is 3. The summed E-state index contributed by atoms with van der Waals surface area (Å²) in [4.78, 5) is 54.6. The number of rotatable bonds is 8. The van der Waals surface area contributed by atoms with E-state index in [-0.39, 0.29) is 34.7 Å². The molecule has 0 radical (unpaired) electrons. The maximum absolute atomic E-state index is 13.9. The van der Waals surface area contributed by atoms with Gasteiger partial charge >= 0.3 is 5.97 Å². The number of hydrogen-bond acceptors (Lipinski definition) is 6. The number of ether oxygens (including phenoxy) is 1. The summed E-state index contributed by atoms with van der Waals surface area (Å²) in [6.07, 6.45) is 0.109. The zero-order chi connectivity index (χ0) is 27.5. The first kappa shape index (κ1) is 26.5. The Balaban J connectivity index is 1.52. The van der Waals surface area contributed by atoms with E-state index in [9.17, 15) is 19.2 Å². The molecule has 1 aliphatic heterocycles. The average molecular weight is 603 g/mol. The Labute approximate surface area is 237 Å². The summed E-state index contributed by atoms with van der Waals surface area (Å²) in [5.74, 6) is -2.21. The Hall–Kier alpha value is -4.08. The van der Waals surface area contributed by atoms with Crippen molar-refractivity contribution in [3.05, 3.63) is 111 Å². The number of hydrogen-bond donors (Lipinski definition) is 1. The van der Waals surface area contributed by atoms with E-state index in [0.717, 1.165) is 20.5 Å². The number of imide groups is 1. The van der Waals surface area contributed by atoms with Crippen LogP contribution in [0.15, 0.2) is 88.7 Å². The standard InChI is InChI=1S/C30H23BrN2O5S/c1-2-38-30(37)25-23(19-12-14-20(31)15-13-19)17-39-27(25)32-26(34)24(16-18-8-4-3-5-9-18)33-28(35)21-10-6-7-11-22(21)29(33)36/h3-15,17,24H,2,16H2,1H3,(H,32,34). The SMILES string of the molecule is CCOC(=O)c1c(-c2ccc(Br)cc2)csc1NC(=O)C(Cc1ccccc1)N1C(=O)c2ccccc2C1=O. The van der Waals surface area contributed by atoms with E-state index < -0.39 is 29.7 Å². The van der Waals surface area contributed by atoms with E-state index in [2.05, 4.69) is 21.2 Å². The van der Waals surface area contributed by atoms with Crippen LogP contribution in [0.3, 0.4) is 0 Å². The molecule has 196 valence electrons. The third kappa shape index (κ3) is 5.28. The van der Waals surface area contributed by atoms with Crippen molar-refractivity contribution in [1.82, 2.24) is 4.90 Å². The molecule has 1 unspecified atom stereocenters. The lowest BCUT2D eigenvalue weighted by Gasteiger charge is -2.25. The molecule has 3 amide bonds. The van der Waals surface area contributed by atoms with E-state index in [1.807, 2.05) is 54.6 Å². The van der Waals surface area contributed by atoms with Crippen LogP contribution in [0, 0.1) is 0 Å². The molecule has 0 spiro atoms. The van der Waals surface area contributed by atoms with Gasteiger partial charge in [0.15, 0.2) is 0 Å². The minimum atomic E-state index is -1.15. The highest BCUT2D eigenvalue weighted by Crippen LogP contribution is 2.37. The van der Waals surface area contributed by atoms with Crippen LogP contribution >= 0.6 is 27.3 Å². The predicted octanol–water partition coefficient (Wildman–Crippen LogP) is 6.20. The minimum Gasteiger partial charge on any atom is -0.462 e. The molecule has 0 saturated carbocycles. The number of esters is 1. The fraction of sp³-hybridized carbons (Fsp3) is 0.133. The molecular formula is C30H23BrN2O5S. The second-order valence-corrected chi connectivity index (χ2v) is 10.6. The molecule has 1 atom stereocenters. The summed E-state index contributed by atoms with van der Waals surface area (Å²) in [5.41, 5.74) is 2.91. The van der Waals surface area contributed by atoms with Crippen LogP contribution in [-0.2, 0) is 16.0 Å². The Kier molecular flexibility index (Phi) is 7.72. The summed E-state index contributed by atoms with van der Waals surface area (Å²) in [6, 6.07) is 22.0. The average Bonchev–Trinajstić information content (AvgIpc) is 3.47. The third-order valence-electron chi connectivity index (χ3n) is 6.37. The van der Waals surface area contributed by atoms with Crippen molar-refractivity contribution in [2.75, 3.05) is 11.9 Å². The van der Waals surface area contributed by atoms with E-state index in [1.165, 1.54) is 11.3 Å². The van der Waals surface area contributed by atoms with Crippen molar-refractivity contribution in [2.24, 2.45) is 0 Å². The summed E-state index contributed by atoms with van der Waals surface area (Å²) in [7, 11) is 0. The predicted molar refractivity (Wildman–Crippen MR) is 153 cm³/mol. The van der Waals surface area contributed by atoms with E-state index in [1.54, 1.807) is 36.6 Å². The number of halogens is 1. The van der Waals surface area contributed by atoms with Gasteiger partial charge in [0.25, 0.3) is 11.8 Å². The fourth-order valence-corrected chi connectivity index (χ4v) is 5.75. The van der Waals surface area contributed by atoms with Crippen LogP contribution in [-0.4, -0.2) is 41.2 Å². The Morgan fingerprint density at radius 3 is 2.13 bits per heavy atom. The highest BCUT2D eigenvalue weighted by atomic mass is 79.9. The van der Waals surface area contributed by atoms with Gasteiger partial charge in [-0.1, -0.05) is 70.5 Å². The molecule has 3 aromatic carbocycles. The van der Waals surface area contributed by atoms with Crippen molar-refractivity contribution >= 4 is 56.0 Å². The molecule has 1 N–H and O–H groups in total. The summed E-state index contributed by atoms with van der Waals surface area (Å²) < 4.78 is 6.20. The van der Waals surface area contributed by atoms with Crippen LogP contribution < -0.4 is 5.32 Å². The number of nitrogens with one attached hydrogen (secondary N) is 1. The number of thiophene rings is 1. The largest absolute Gasteiger partial charge is 0.462 e. The van der Waals surface area contributed by atoms with Gasteiger partial charge in [0.05, 0.1) is 17.7 Å². The molecule has 0 aliphatic carbocycles. The van der Waals surface area contributed by atoms with Crippen LogP contribution in [0.5, 0.6) is 0 Å². The van der Waals surface area contributed by atoms with Crippen LogP contribution in [0.4, 0.5) is 5.00 Å². The molecule has 4 aromatic rings.